The summed E-state index contributed by atoms with van der Waals surface area (Å²) in [5.41, 5.74) is 3.59. The molecule has 3 aromatic rings. The van der Waals surface area contributed by atoms with Crippen molar-refractivity contribution in [3.8, 4) is 11.3 Å². The highest BCUT2D eigenvalue weighted by Crippen LogP contribution is 2.23. The van der Waals surface area contributed by atoms with Crippen molar-refractivity contribution < 1.29 is 14.3 Å². The number of nitrogens with one attached hydrogen (secondary N) is 2. The van der Waals surface area contributed by atoms with Gasteiger partial charge < -0.3 is 10.1 Å². The van der Waals surface area contributed by atoms with E-state index < -0.39 is 12.0 Å². The van der Waals surface area contributed by atoms with Crippen molar-refractivity contribution >= 4 is 17.8 Å². The first-order valence-electron chi connectivity index (χ1n) is 9.88. The predicted molar refractivity (Wildman–Crippen MR) is 111 cm³/mol. The van der Waals surface area contributed by atoms with Crippen LogP contribution < -0.4 is 10.6 Å². The number of carbonyl (C=O) groups excluding carboxylic acids is 2. The maximum atomic E-state index is 12.5. The molecule has 2 amide bonds. The van der Waals surface area contributed by atoms with E-state index >= 15 is 0 Å². The molecule has 2 aromatic heterocycles. The SMILES string of the molecule is COC(=O)c1c(CNC(=O)Nc2cc(-c3ccccc3)nn2C)nn2c1CCCC2. The van der Waals surface area contributed by atoms with Crippen molar-refractivity contribution in [2.45, 2.75) is 32.4 Å². The van der Waals surface area contributed by atoms with Crippen molar-refractivity contribution in [1.29, 1.82) is 0 Å². The molecule has 0 atom stereocenters. The fraction of sp³-hybridized carbons (Fsp3) is 0.333. The standard InChI is InChI=1S/C21H24N6O3/c1-26-18(12-15(24-26)14-8-4-3-5-9-14)23-21(29)22-13-16-19(20(28)30-2)17-10-6-7-11-27(17)25-16/h3-5,8-9,12H,6-7,10-11,13H2,1-2H3,(H2,22,23,29). The third-order valence-electron chi connectivity index (χ3n) is 5.16. The van der Waals surface area contributed by atoms with Crippen molar-refractivity contribution in [2.24, 2.45) is 7.05 Å². The van der Waals surface area contributed by atoms with Crippen LogP contribution in [0.3, 0.4) is 0 Å². The van der Waals surface area contributed by atoms with Gasteiger partial charge in [0.25, 0.3) is 0 Å². The zero-order valence-corrected chi connectivity index (χ0v) is 17.0. The lowest BCUT2D eigenvalue weighted by atomic mass is 10.0. The van der Waals surface area contributed by atoms with Gasteiger partial charge in [0, 0.05) is 25.2 Å². The van der Waals surface area contributed by atoms with Gasteiger partial charge in [-0.05, 0) is 19.3 Å². The smallest absolute Gasteiger partial charge is 0.341 e. The second-order valence-corrected chi connectivity index (χ2v) is 7.15. The van der Waals surface area contributed by atoms with E-state index in [1.54, 1.807) is 11.7 Å². The number of aryl methyl sites for hydroxylation is 2. The minimum Gasteiger partial charge on any atom is -0.465 e. The molecule has 0 bridgehead atoms. The third-order valence-corrected chi connectivity index (χ3v) is 5.16. The number of hydrogen-bond donors (Lipinski definition) is 2. The summed E-state index contributed by atoms with van der Waals surface area (Å²) in [5.74, 6) is 0.137. The second kappa shape index (κ2) is 8.40. The third kappa shape index (κ3) is 3.91. The Balaban J connectivity index is 1.45. The number of urea groups is 1. The largest absolute Gasteiger partial charge is 0.465 e. The van der Waals surface area contributed by atoms with Crippen LogP contribution in [-0.4, -0.2) is 38.7 Å². The molecule has 3 heterocycles. The Kier molecular flexibility index (Phi) is 5.51. The molecule has 0 unspecified atom stereocenters. The van der Waals surface area contributed by atoms with Gasteiger partial charge in [-0.25, -0.2) is 9.59 Å². The van der Waals surface area contributed by atoms with E-state index in [1.807, 2.05) is 41.1 Å². The van der Waals surface area contributed by atoms with Crippen LogP contribution in [-0.2, 0) is 31.3 Å². The number of benzene rings is 1. The number of amides is 2. The number of nitrogens with zero attached hydrogens (tertiary/aromatic N) is 4. The van der Waals surface area contributed by atoms with Gasteiger partial charge in [-0.1, -0.05) is 30.3 Å². The van der Waals surface area contributed by atoms with Crippen LogP contribution in [0.5, 0.6) is 0 Å². The fourth-order valence-electron chi connectivity index (χ4n) is 3.66. The number of ether oxygens (including phenoxy) is 1. The molecule has 0 radical (unpaired) electrons. The van der Waals surface area contributed by atoms with E-state index in [0.29, 0.717) is 17.1 Å². The molecule has 0 saturated carbocycles. The zero-order valence-electron chi connectivity index (χ0n) is 17.0. The molecule has 156 valence electrons. The summed E-state index contributed by atoms with van der Waals surface area (Å²) in [6.07, 6.45) is 2.81. The first-order chi connectivity index (χ1) is 14.6. The second-order valence-electron chi connectivity index (χ2n) is 7.15. The lowest BCUT2D eigenvalue weighted by Crippen LogP contribution is -2.29. The van der Waals surface area contributed by atoms with E-state index in [0.717, 1.165) is 42.8 Å². The van der Waals surface area contributed by atoms with Crippen LogP contribution in [0.4, 0.5) is 10.6 Å². The number of carbonyl (C=O) groups is 2. The predicted octanol–water partition coefficient (Wildman–Crippen LogP) is 2.73. The Morgan fingerprint density at radius 3 is 2.73 bits per heavy atom. The van der Waals surface area contributed by atoms with Crippen LogP contribution in [0.2, 0.25) is 0 Å². The Hall–Kier alpha value is -3.62. The molecule has 1 aliphatic rings. The molecule has 0 aliphatic carbocycles. The van der Waals surface area contributed by atoms with Crippen molar-refractivity contribution in [3.63, 3.8) is 0 Å². The lowest BCUT2D eigenvalue weighted by molar-refractivity contribution is 0.0597. The van der Waals surface area contributed by atoms with Crippen LogP contribution in [0.25, 0.3) is 11.3 Å². The van der Waals surface area contributed by atoms with E-state index in [2.05, 4.69) is 20.8 Å². The normalized spacial score (nSPS) is 12.9. The van der Waals surface area contributed by atoms with Crippen molar-refractivity contribution in [3.05, 3.63) is 53.3 Å². The van der Waals surface area contributed by atoms with E-state index in [-0.39, 0.29) is 6.54 Å². The highest BCUT2D eigenvalue weighted by atomic mass is 16.5. The molecule has 1 aliphatic heterocycles. The molecule has 0 saturated heterocycles. The minimum absolute atomic E-state index is 0.125. The zero-order chi connectivity index (χ0) is 21.1. The molecule has 9 nitrogen and oxygen atoms in total. The molecular weight excluding hydrogens is 384 g/mol. The maximum absolute atomic E-state index is 12.5. The Morgan fingerprint density at radius 1 is 1.17 bits per heavy atom. The highest BCUT2D eigenvalue weighted by molar-refractivity contribution is 5.93. The van der Waals surface area contributed by atoms with Crippen LogP contribution >= 0.6 is 0 Å². The van der Waals surface area contributed by atoms with E-state index in [4.69, 9.17) is 4.74 Å². The first kappa shape index (κ1) is 19.7. The fourth-order valence-corrected chi connectivity index (χ4v) is 3.66. The molecule has 9 heteroatoms. The quantitative estimate of drug-likeness (QED) is 0.632. The molecule has 2 N–H and O–H groups in total. The van der Waals surface area contributed by atoms with Crippen molar-refractivity contribution in [2.75, 3.05) is 12.4 Å². The number of anilines is 1. The summed E-state index contributed by atoms with van der Waals surface area (Å²) >= 11 is 0. The molecule has 1 aromatic carbocycles. The van der Waals surface area contributed by atoms with E-state index in [9.17, 15) is 9.59 Å². The van der Waals surface area contributed by atoms with E-state index in [1.165, 1.54) is 7.11 Å². The Morgan fingerprint density at radius 2 is 1.97 bits per heavy atom. The van der Waals surface area contributed by atoms with Gasteiger partial charge in [0.1, 0.15) is 11.4 Å². The molecular formula is C21H24N6O3. The summed E-state index contributed by atoms with van der Waals surface area (Å²) in [6, 6.07) is 11.1. The topological polar surface area (TPSA) is 103 Å². The van der Waals surface area contributed by atoms with Gasteiger partial charge in [0.15, 0.2) is 0 Å². The number of esters is 1. The van der Waals surface area contributed by atoms with Gasteiger partial charge in [-0.3, -0.25) is 14.7 Å². The highest BCUT2D eigenvalue weighted by Gasteiger charge is 2.26. The van der Waals surface area contributed by atoms with Gasteiger partial charge in [0.2, 0.25) is 0 Å². The minimum atomic E-state index is -0.422. The van der Waals surface area contributed by atoms with Gasteiger partial charge >= 0.3 is 12.0 Å². The Labute approximate surface area is 174 Å². The summed E-state index contributed by atoms with van der Waals surface area (Å²) in [7, 11) is 3.12. The molecule has 0 spiro atoms. The summed E-state index contributed by atoms with van der Waals surface area (Å²) in [5, 5.41) is 14.5. The van der Waals surface area contributed by atoms with Gasteiger partial charge in [-0.15, -0.1) is 0 Å². The van der Waals surface area contributed by atoms with Crippen LogP contribution in [0.15, 0.2) is 36.4 Å². The molecule has 30 heavy (non-hydrogen) atoms. The summed E-state index contributed by atoms with van der Waals surface area (Å²) < 4.78 is 8.39. The average Bonchev–Trinajstić information content (AvgIpc) is 3.32. The van der Waals surface area contributed by atoms with Gasteiger partial charge in [-0.2, -0.15) is 10.2 Å². The summed E-state index contributed by atoms with van der Waals surface area (Å²) in [4.78, 5) is 24.7. The monoisotopic (exact) mass is 408 g/mol. The van der Waals surface area contributed by atoms with Crippen LogP contribution in [0, 0.1) is 0 Å². The molecule has 0 fully saturated rings. The number of fused-ring (bicyclic) bond motifs is 1. The maximum Gasteiger partial charge on any atom is 0.341 e. The Bertz CT molecular complexity index is 1070. The van der Waals surface area contributed by atoms with Crippen LogP contribution in [0.1, 0.15) is 34.6 Å². The average molecular weight is 408 g/mol. The van der Waals surface area contributed by atoms with Crippen molar-refractivity contribution in [1.82, 2.24) is 24.9 Å². The number of hydrogen-bond acceptors (Lipinski definition) is 5. The lowest BCUT2D eigenvalue weighted by Gasteiger charge is -2.13. The van der Waals surface area contributed by atoms with Gasteiger partial charge in [0.05, 0.1) is 30.7 Å². The number of aromatic nitrogens is 4. The summed E-state index contributed by atoms with van der Waals surface area (Å²) in [6.45, 7) is 0.891. The molecule has 4 rings (SSSR count). The number of methoxy groups -OCH3 is 1. The number of rotatable bonds is 5. The first-order valence-corrected chi connectivity index (χ1v) is 9.88.